The SMILES string of the molecule is CS(=O)(=O)c1cc(S(C)(=O)=O)nc(NC(=O)NS(=O)(=O)c2c(C(=O)O)cccc2C2CCO2)n1. The normalized spacial score (nSPS) is 16.4. The molecular formula is C17H18N4O10S3. The molecule has 184 valence electrons. The third kappa shape index (κ3) is 5.49. The number of amides is 2. The number of urea groups is 1. The number of carbonyl (C=O) groups excluding carboxylic acids is 1. The quantitative estimate of drug-likeness (QED) is 0.399. The number of sulfone groups is 2. The summed E-state index contributed by atoms with van der Waals surface area (Å²) < 4.78 is 80.1. The maximum atomic E-state index is 13.0. The number of sulfonamides is 1. The number of hydrogen-bond acceptors (Lipinski definition) is 11. The highest BCUT2D eigenvalue weighted by Gasteiger charge is 2.33. The molecule has 3 rings (SSSR count). The molecule has 0 radical (unpaired) electrons. The molecule has 1 aromatic carbocycles. The van der Waals surface area contributed by atoms with Crippen molar-refractivity contribution in [2.24, 2.45) is 0 Å². The molecule has 2 amide bonds. The smallest absolute Gasteiger partial charge is 0.337 e. The van der Waals surface area contributed by atoms with E-state index in [0.29, 0.717) is 19.1 Å². The molecule has 0 saturated carbocycles. The lowest BCUT2D eigenvalue weighted by Crippen LogP contribution is -2.37. The fourth-order valence-electron chi connectivity index (χ4n) is 2.90. The number of anilines is 1. The molecular weight excluding hydrogens is 516 g/mol. The van der Waals surface area contributed by atoms with Gasteiger partial charge in [-0.1, -0.05) is 12.1 Å². The number of hydrogen-bond donors (Lipinski definition) is 3. The van der Waals surface area contributed by atoms with Gasteiger partial charge >= 0.3 is 12.0 Å². The van der Waals surface area contributed by atoms with Crippen LogP contribution in [0.5, 0.6) is 0 Å². The van der Waals surface area contributed by atoms with Crippen LogP contribution in [-0.4, -0.2) is 71.4 Å². The van der Waals surface area contributed by atoms with Gasteiger partial charge in [0.1, 0.15) is 4.90 Å². The van der Waals surface area contributed by atoms with E-state index in [2.05, 4.69) is 9.97 Å². The van der Waals surface area contributed by atoms with Gasteiger partial charge in [0.15, 0.2) is 29.7 Å². The zero-order chi connectivity index (χ0) is 25.5. The number of nitrogens with one attached hydrogen (secondary N) is 2. The van der Waals surface area contributed by atoms with Crippen molar-refractivity contribution in [2.75, 3.05) is 24.4 Å². The van der Waals surface area contributed by atoms with Crippen molar-refractivity contribution >= 4 is 47.6 Å². The number of carbonyl (C=O) groups is 2. The van der Waals surface area contributed by atoms with Gasteiger partial charge in [-0.15, -0.1) is 0 Å². The topological polar surface area (TPSA) is 216 Å². The number of aromatic nitrogens is 2. The average molecular weight is 535 g/mol. The lowest BCUT2D eigenvalue weighted by molar-refractivity contribution is -0.0544. The van der Waals surface area contributed by atoms with Crippen molar-refractivity contribution in [1.82, 2.24) is 14.7 Å². The highest BCUT2D eigenvalue weighted by atomic mass is 32.2. The molecule has 0 aliphatic carbocycles. The summed E-state index contributed by atoms with van der Waals surface area (Å²) in [7, 11) is -12.9. The summed E-state index contributed by atoms with van der Waals surface area (Å²) in [4.78, 5) is 30.4. The van der Waals surface area contributed by atoms with Crippen molar-refractivity contribution in [3.63, 3.8) is 0 Å². The lowest BCUT2D eigenvalue weighted by Gasteiger charge is -2.29. The molecule has 0 spiro atoms. The van der Waals surface area contributed by atoms with Crippen molar-refractivity contribution < 1.29 is 44.7 Å². The van der Waals surface area contributed by atoms with E-state index in [9.17, 15) is 39.9 Å². The number of carboxylic acid groups (broad SMARTS) is 1. The second kappa shape index (κ2) is 8.90. The first-order valence-electron chi connectivity index (χ1n) is 9.20. The summed E-state index contributed by atoms with van der Waals surface area (Å²) in [5.41, 5.74) is -0.580. The number of ether oxygens (including phenoxy) is 1. The van der Waals surface area contributed by atoms with Gasteiger partial charge in [0, 0.05) is 30.6 Å². The molecule has 1 unspecified atom stereocenters. The number of carboxylic acids is 1. The highest BCUT2D eigenvalue weighted by molar-refractivity contribution is 7.91. The molecule has 3 N–H and O–H groups in total. The van der Waals surface area contributed by atoms with E-state index in [1.807, 2.05) is 5.32 Å². The van der Waals surface area contributed by atoms with E-state index in [1.54, 1.807) is 4.72 Å². The van der Waals surface area contributed by atoms with E-state index in [4.69, 9.17) is 4.74 Å². The van der Waals surface area contributed by atoms with Crippen LogP contribution in [-0.2, 0) is 34.4 Å². The number of rotatable bonds is 7. The van der Waals surface area contributed by atoms with Crippen LogP contribution in [0.3, 0.4) is 0 Å². The summed E-state index contributed by atoms with van der Waals surface area (Å²) >= 11 is 0. The zero-order valence-electron chi connectivity index (χ0n) is 17.5. The highest BCUT2D eigenvalue weighted by Crippen LogP contribution is 2.35. The number of nitrogens with zero attached hydrogens (tertiary/aromatic N) is 2. The van der Waals surface area contributed by atoms with E-state index in [1.165, 1.54) is 12.1 Å². The van der Waals surface area contributed by atoms with Crippen molar-refractivity contribution in [2.45, 2.75) is 27.5 Å². The maximum Gasteiger partial charge on any atom is 0.337 e. The van der Waals surface area contributed by atoms with Gasteiger partial charge in [-0.05, 0) is 6.07 Å². The Morgan fingerprint density at radius 3 is 2.03 bits per heavy atom. The van der Waals surface area contributed by atoms with Crippen LogP contribution >= 0.6 is 0 Å². The van der Waals surface area contributed by atoms with Crippen LogP contribution < -0.4 is 10.0 Å². The Kier molecular flexibility index (Phi) is 6.66. The Morgan fingerprint density at radius 2 is 1.59 bits per heavy atom. The largest absolute Gasteiger partial charge is 0.478 e. The van der Waals surface area contributed by atoms with Crippen molar-refractivity contribution in [3.05, 3.63) is 35.4 Å². The third-order valence-corrected chi connectivity index (χ3v) is 7.87. The molecule has 1 fully saturated rings. The summed E-state index contributed by atoms with van der Waals surface area (Å²) in [6.45, 7) is 0.339. The van der Waals surface area contributed by atoms with Crippen LogP contribution in [0, 0.1) is 0 Å². The van der Waals surface area contributed by atoms with E-state index >= 15 is 0 Å². The predicted octanol–water partition coefficient (Wildman–Crippen LogP) is -0.0464. The first-order chi connectivity index (χ1) is 15.6. The van der Waals surface area contributed by atoms with E-state index in [0.717, 1.165) is 18.6 Å². The van der Waals surface area contributed by atoms with Gasteiger partial charge in [-0.25, -0.2) is 49.5 Å². The molecule has 1 aromatic heterocycles. The van der Waals surface area contributed by atoms with Crippen molar-refractivity contribution in [1.29, 1.82) is 0 Å². The fourth-order valence-corrected chi connectivity index (χ4v) is 5.48. The Balaban J connectivity index is 1.98. The van der Waals surface area contributed by atoms with Gasteiger partial charge in [0.2, 0.25) is 5.95 Å². The van der Waals surface area contributed by atoms with Crippen molar-refractivity contribution in [3.8, 4) is 0 Å². The zero-order valence-corrected chi connectivity index (χ0v) is 20.0. The Labute approximate surface area is 194 Å². The summed E-state index contributed by atoms with van der Waals surface area (Å²) in [5.74, 6) is -2.38. The summed E-state index contributed by atoms with van der Waals surface area (Å²) in [5, 5.41) is 9.83. The van der Waals surface area contributed by atoms with Crippen LogP contribution in [0.4, 0.5) is 10.7 Å². The second-order valence-electron chi connectivity index (χ2n) is 7.15. The van der Waals surface area contributed by atoms with Crippen LogP contribution in [0.15, 0.2) is 39.2 Å². The fraction of sp³-hybridized carbons (Fsp3) is 0.294. The Morgan fingerprint density at radius 1 is 1.03 bits per heavy atom. The molecule has 0 bridgehead atoms. The summed E-state index contributed by atoms with van der Waals surface area (Å²) in [6.07, 6.45) is 1.21. The average Bonchev–Trinajstić information content (AvgIpc) is 2.64. The minimum Gasteiger partial charge on any atom is -0.478 e. The van der Waals surface area contributed by atoms with Crippen LogP contribution in [0.2, 0.25) is 0 Å². The molecule has 17 heteroatoms. The molecule has 1 aliphatic rings. The summed E-state index contributed by atoms with van der Waals surface area (Å²) in [6, 6.07) is 2.90. The molecule has 2 aromatic rings. The first-order valence-corrected chi connectivity index (χ1v) is 14.5. The Hall–Kier alpha value is -3.15. The number of benzene rings is 1. The third-order valence-electron chi connectivity index (χ3n) is 4.48. The van der Waals surface area contributed by atoms with Gasteiger partial charge in [-0.3, -0.25) is 5.32 Å². The maximum absolute atomic E-state index is 13.0. The minimum absolute atomic E-state index is 0.0288. The van der Waals surface area contributed by atoms with Gasteiger partial charge in [0.05, 0.1) is 18.3 Å². The Bertz CT molecular complexity index is 1450. The van der Waals surface area contributed by atoms with Crippen LogP contribution in [0.25, 0.3) is 0 Å². The van der Waals surface area contributed by atoms with Crippen LogP contribution in [0.1, 0.15) is 28.4 Å². The molecule has 2 heterocycles. The number of aromatic carboxylic acids is 1. The molecule has 1 aliphatic heterocycles. The van der Waals surface area contributed by atoms with E-state index < -0.39 is 74.3 Å². The molecule has 1 atom stereocenters. The standard InChI is InChI=1S/C17H18N4O10S3/c1-32(25,26)12-8-13(33(2,27)28)19-16(18-12)20-17(24)21-34(29,30)14-9(11-6-7-31-11)4-3-5-10(14)15(22)23/h3-5,8,11H,6-7H2,1-2H3,(H,22,23)(H2,18,19,20,21,24). The molecule has 1 saturated heterocycles. The van der Waals surface area contributed by atoms with E-state index in [-0.39, 0.29) is 5.56 Å². The molecule has 14 nitrogen and oxygen atoms in total. The van der Waals surface area contributed by atoms with Gasteiger partial charge < -0.3 is 9.84 Å². The van der Waals surface area contributed by atoms with Gasteiger partial charge in [0.25, 0.3) is 10.0 Å². The first kappa shape index (κ1) is 25.5. The second-order valence-corrected chi connectivity index (χ2v) is 12.7. The van der Waals surface area contributed by atoms with Gasteiger partial charge in [-0.2, -0.15) is 0 Å². The monoisotopic (exact) mass is 534 g/mol. The minimum atomic E-state index is -4.80. The molecule has 34 heavy (non-hydrogen) atoms. The lowest BCUT2D eigenvalue weighted by atomic mass is 10.0. The predicted molar refractivity (Wildman–Crippen MR) is 114 cm³/mol.